The van der Waals surface area contributed by atoms with Crippen LogP contribution < -0.4 is 0 Å². The first-order valence-electron chi connectivity index (χ1n) is 6.63. The summed E-state index contributed by atoms with van der Waals surface area (Å²) in [5.74, 6) is 0.404. The lowest BCUT2D eigenvalue weighted by Crippen LogP contribution is -2.00. The summed E-state index contributed by atoms with van der Waals surface area (Å²) in [6.45, 7) is 6.59. The maximum atomic E-state index is 3.62. The van der Waals surface area contributed by atoms with Crippen molar-refractivity contribution in [3.8, 4) is 0 Å². The number of rotatable bonds is 1. The average molecular weight is 313 g/mol. The molecule has 2 aromatic carbocycles. The molecule has 1 aliphatic carbocycles. The smallest absolute Gasteiger partial charge is 0.0281 e. The van der Waals surface area contributed by atoms with Crippen LogP contribution in [0.3, 0.4) is 0 Å². The van der Waals surface area contributed by atoms with Crippen LogP contribution >= 0.6 is 15.9 Å². The first kappa shape index (κ1) is 12.7. The van der Waals surface area contributed by atoms with Gasteiger partial charge in [0.2, 0.25) is 0 Å². The maximum absolute atomic E-state index is 3.62. The predicted molar refractivity (Wildman–Crippen MR) is 85.7 cm³/mol. The van der Waals surface area contributed by atoms with E-state index in [9.17, 15) is 0 Å². The van der Waals surface area contributed by atoms with Gasteiger partial charge in [-0.2, -0.15) is 0 Å². The third kappa shape index (κ3) is 1.97. The molecule has 2 aromatic rings. The van der Waals surface area contributed by atoms with E-state index in [1.807, 2.05) is 0 Å². The van der Waals surface area contributed by atoms with Crippen LogP contribution in [0.2, 0.25) is 0 Å². The van der Waals surface area contributed by atoms with Gasteiger partial charge < -0.3 is 0 Å². The van der Waals surface area contributed by atoms with E-state index in [1.165, 1.54) is 37.9 Å². The molecule has 0 aliphatic heterocycles. The van der Waals surface area contributed by atoms with Gasteiger partial charge in [0.15, 0.2) is 0 Å². The average Bonchev–Trinajstić information content (AvgIpc) is 2.82. The Balaban J connectivity index is 2.16. The number of aryl methyl sites for hydroxylation is 1. The van der Waals surface area contributed by atoms with Gasteiger partial charge in [0, 0.05) is 10.4 Å². The van der Waals surface area contributed by atoms with Gasteiger partial charge in [-0.15, -0.1) is 0 Å². The van der Waals surface area contributed by atoms with Gasteiger partial charge in [-0.25, -0.2) is 0 Å². The summed E-state index contributed by atoms with van der Waals surface area (Å²) in [7, 11) is 0. The SMILES string of the molecule is Cc1cccc(C2C=Cc3c2ccc(Br)c3C)c1C. The molecule has 0 spiro atoms. The van der Waals surface area contributed by atoms with Crippen LogP contribution in [0.4, 0.5) is 0 Å². The molecule has 1 unspecified atom stereocenters. The quantitative estimate of drug-likeness (QED) is 0.649. The normalized spacial score (nSPS) is 16.7. The summed E-state index contributed by atoms with van der Waals surface area (Å²) in [5.41, 5.74) is 8.34. The highest BCUT2D eigenvalue weighted by Crippen LogP contribution is 2.40. The van der Waals surface area contributed by atoms with Gasteiger partial charge in [0.1, 0.15) is 0 Å². The van der Waals surface area contributed by atoms with Crippen molar-refractivity contribution in [3.05, 3.63) is 74.3 Å². The van der Waals surface area contributed by atoms with E-state index in [1.54, 1.807) is 0 Å². The fourth-order valence-electron chi connectivity index (χ4n) is 2.89. The van der Waals surface area contributed by atoms with Crippen molar-refractivity contribution >= 4 is 22.0 Å². The Hall–Kier alpha value is -1.34. The molecule has 0 aromatic heterocycles. The zero-order chi connectivity index (χ0) is 13.6. The van der Waals surface area contributed by atoms with E-state index < -0.39 is 0 Å². The molecule has 0 amide bonds. The Morgan fingerprint density at radius 2 is 1.68 bits per heavy atom. The summed E-state index contributed by atoms with van der Waals surface area (Å²) < 4.78 is 1.19. The van der Waals surface area contributed by atoms with Crippen LogP contribution in [0.1, 0.15) is 39.3 Å². The van der Waals surface area contributed by atoms with Gasteiger partial charge in [-0.3, -0.25) is 0 Å². The third-order valence-corrected chi connectivity index (χ3v) is 5.11. The van der Waals surface area contributed by atoms with Crippen molar-refractivity contribution in [1.82, 2.24) is 0 Å². The standard InChI is InChI=1S/C18H17Br/c1-11-5-4-6-14(12(11)2)16-8-7-15-13(3)18(19)10-9-17(15)16/h4-10,16H,1-3H3. The van der Waals surface area contributed by atoms with Gasteiger partial charge in [-0.05, 0) is 60.2 Å². The molecule has 0 saturated heterocycles. The van der Waals surface area contributed by atoms with Gasteiger partial charge >= 0.3 is 0 Å². The zero-order valence-electron chi connectivity index (χ0n) is 11.5. The fraction of sp³-hybridized carbons (Fsp3) is 0.222. The van der Waals surface area contributed by atoms with E-state index in [0.717, 1.165) is 0 Å². The van der Waals surface area contributed by atoms with Crippen LogP contribution in [-0.2, 0) is 0 Å². The van der Waals surface area contributed by atoms with Crippen molar-refractivity contribution in [2.45, 2.75) is 26.7 Å². The van der Waals surface area contributed by atoms with Crippen LogP contribution in [-0.4, -0.2) is 0 Å². The first-order chi connectivity index (χ1) is 9.09. The van der Waals surface area contributed by atoms with Crippen molar-refractivity contribution < 1.29 is 0 Å². The summed E-state index contributed by atoms with van der Waals surface area (Å²) in [4.78, 5) is 0. The number of hydrogen-bond donors (Lipinski definition) is 0. The highest BCUT2D eigenvalue weighted by Gasteiger charge is 2.22. The van der Waals surface area contributed by atoms with Crippen LogP contribution in [0.25, 0.3) is 6.08 Å². The second-order valence-corrected chi connectivity index (χ2v) is 6.16. The van der Waals surface area contributed by atoms with Crippen molar-refractivity contribution in [3.63, 3.8) is 0 Å². The lowest BCUT2D eigenvalue weighted by atomic mass is 9.88. The molecular formula is C18H17Br. The van der Waals surface area contributed by atoms with Crippen molar-refractivity contribution in [2.75, 3.05) is 0 Å². The van der Waals surface area contributed by atoms with E-state index in [-0.39, 0.29) is 0 Å². The summed E-state index contributed by atoms with van der Waals surface area (Å²) in [6.07, 6.45) is 4.59. The Kier molecular flexibility index (Phi) is 3.10. The van der Waals surface area contributed by atoms with Crippen molar-refractivity contribution in [1.29, 1.82) is 0 Å². The van der Waals surface area contributed by atoms with Gasteiger partial charge in [-0.1, -0.05) is 52.3 Å². The summed E-state index contributed by atoms with van der Waals surface area (Å²) in [5, 5.41) is 0. The Labute approximate surface area is 123 Å². The minimum Gasteiger partial charge on any atom is -0.0720 e. The molecule has 0 radical (unpaired) electrons. The molecule has 0 N–H and O–H groups in total. The van der Waals surface area contributed by atoms with Crippen molar-refractivity contribution in [2.24, 2.45) is 0 Å². The molecule has 1 aliphatic rings. The minimum atomic E-state index is 0.404. The zero-order valence-corrected chi connectivity index (χ0v) is 13.1. The molecular weight excluding hydrogens is 296 g/mol. The lowest BCUT2D eigenvalue weighted by Gasteiger charge is -2.17. The van der Waals surface area contributed by atoms with E-state index in [2.05, 4.69) is 79.2 Å². The van der Waals surface area contributed by atoms with Gasteiger partial charge in [0.05, 0.1) is 0 Å². The van der Waals surface area contributed by atoms with Crippen LogP contribution in [0.15, 0.2) is 40.9 Å². The number of allylic oxidation sites excluding steroid dienone is 1. The Morgan fingerprint density at radius 3 is 2.47 bits per heavy atom. The molecule has 1 heteroatoms. The molecule has 3 rings (SSSR count). The number of fused-ring (bicyclic) bond motifs is 1. The summed E-state index contributed by atoms with van der Waals surface area (Å²) >= 11 is 3.62. The second kappa shape index (κ2) is 4.64. The second-order valence-electron chi connectivity index (χ2n) is 5.30. The molecule has 0 bridgehead atoms. The number of hydrogen-bond acceptors (Lipinski definition) is 0. The van der Waals surface area contributed by atoms with E-state index in [4.69, 9.17) is 0 Å². The monoisotopic (exact) mass is 312 g/mol. The fourth-order valence-corrected chi connectivity index (χ4v) is 3.24. The van der Waals surface area contributed by atoms with Crippen LogP contribution in [0, 0.1) is 20.8 Å². The lowest BCUT2D eigenvalue weighted by molar-refractivity contribution is 1.02. The third-order valence-electron chi connectivity index (χ3n) is 4.25. The Bertz CT molecular complexity index is 680. The minimum absolute atomic E-state index is 0.404. The highest BCUT2D eigenvalue weighted by atomic mass is 79.9. The molecule has 96 valence electrons. The number of halogens is 1. The summed E-state index contributed by atoms with van der Waals surface area (Å²) in [6, 6.07) is 11.0. The molecule has 0 heterocycles. The van der Waals surface area contributed by atoms with Crippen LogP contribution in [0.5, 0.6) is 0 Å². The molecule has 0 saturated carbocycles. The Morgan fingerprint density at radius 1 is 0.895 bits per heavy atom. The molecule has 1 atom stereocenters. The predicted octanol–water partition coefficient (Wildman–Crippen LogP) is 5.53. The highest BCUT2D eigenvalue weighted by molar-refractivity contribution is 9.10. The molecule has 0 fully saturated rings. The van der Waals surface area contributed by atoms with E-state index >= 15 is 0 Å². The molecule has 19 heavy (non-hydrogen) atoms. The maximum Gasteiger partial charge on any atom is 0.0281 e. The molecule has 0 nitrogen and oxygen atoms in total. The largest absolute Gasteiger partial charge is 0.0720 e. The van der Waals surface area contributed by atoms with E-state index in [0.29, 0.717) is 5.92 Å². The number of benzene rings is 2. The topological polar surface area (TPSA) is 0 Å². The first-order valence-corrected chi connectivity index (χ1v) is 7.42. The van der Waals surface area contributed by atoms with Gasteiger partial charge in [0.25, 0.3) is 0 Å².